The Kier molecular flexibility index (Phi) is 4.68. The molecular weight excluding hydrogens is 294 g/mol. The van der Waals surface area contributed by atoms with Crippen LogP contribution in [0.1, 0.15) is 42.7 Å². The predicted octanol–water partition coefficient (Wildman–Crippen LogP) is 4.21. The first-order valence-corrected chi connectivity index (χ1v) is 9.34. The average Bonchev–Trinajstić information content (AvgIpc) is 2.87. The van der Waals surface area contributed by atoms with Crippen LogP contribution in [-0.2, 0) is 6.54 Å². The summed E-state index contributed by atoms with van der Waals surface area (Å²) in [5.74, 6) is 0.826. The van der Waals surface area contributed by atoms with Crippen LogP contribution in [0.4, 0.5) is 0 Å². The molecule has 1 aliphatic carbocycles. The summed E-state index contributed by atoms with van der Waals surface area (Å²) >= 11 is 0. The molecule has 126 valence electrons. The Bertz CT molecular complexity index is 642. The summed E-state index contributed by atoms with van der Waals surface area (Å²) in [6, 6.07) is 22.1. The van der Waals surface area contributed by atoms with Gasteiger partial charge in [-0.3, -0.25) is 4.90 Å². The van der Waals surface area contributed by atoms with Crippen molar-refractivity contribution in [2.24, 2.45) is 5.92 Å². The van der Waals surface area contributed by atoms with Crippen LogP contribution in [0.3, 0.4) is 0 Å². The van der Waals surface area contributed by atoms with Crippen LogP contribution >= 0.6 is 0 Å². The Morgan fingerprint density at radius 1 is 0.875 bits per heavy atom. The third-order valence-electron chi connectivity index (χ3n) is 5.96. The molecule has 2 aromatic rings. The topological polar surface area (TPSA) is 23.5 Å². The third-order valence-corrected chi connectivity index (χ3v) is 5.96. The first-order chi connectivity index (χ1) is 11.8. The number of fused-ring (bicyclic) bond motifs is 1. The summed E-state index contributed by atoms with van der Waals surface area (Å²) in [5.41, 5.74) is 2.77. The Labute approximate surface area is 145 Å². The monoisotopic (exact) mass is 321 g/mol. The molecule has 1 saturated carbocycles. The number of hydrogen-bond donors (Lipinski definition) is 1. The Morgan fingerprint density at radius 2 is 1.54 bits per heavy atom. The van der Waals surface area contributed by atoms with E-state index in [4.69, 9.17) is 0 Å². The number of aliphatic hydroxyl groups is 1. The number of benzene rings is 2. The van der Waals surface area contributed by atoms with E-state index in [1.807, 2.05) is 0 Å². The molecule has 0 spiro atoms. The van der Waals surface area contributed by atoms with Crippen molar-refractivity contribution in [3.05, 3.63) is 71.8 Å². The Morgan fingerprint density at radius 3 is 2.29 bits per heavy atom. The number of aliphatic hydroxyl groups excluding tert-OH is 1. The highest BCUT2D eigenvalue weighted by Crippen LogP contribution is 2.44. The first-order valence-electron chi connectivity index (χ1n) is 9.34. The molecule has 1 aliphatic heterocycles. The lowest BCUT2D eigenvalue weighted by Crippen LogP contribution is -2.36. The van der Waals surface area contributed by atoms with Crippen LogP contribution in [-0.4, -0.2) is 28.7 Å². The second kappa shape index (κ2) is 7.08. The molecule has 24 heavy (non-hydrogen) atoms. The van der Waals surface area contributed by atoms with E-state index >= 15 is 0 Å². The van der Waals surface area contributed by atoms with Gasteiger partial charge in [-0.1, -0.05) is 73.5 Å². The molecule has 4 atom stereocenters. The molecule has 2 aromatic carbocycles. The van der Waals surface area contributed by atoms with Gasteiger partial charge in [0.2, 0.25) is 0 Å². The molecule has 2 aliphatic rings. The van der Waals surface area contributed by atoms with Gasteiger partial charge >= 0.3 is 0 Å². The van der Waals surface area contributed by atoms with Crippen molar-refractivity contribution in [2.75, 3.05) is 6.54 Å². The molecule has 0 aromatic heterocycles. The van der Waals surface area contributed by atoms with Crippen molar-refractivity contribution in [3.8, 4) is 0 Å². The summed E-state index contributed by atoms with van der Waals surface area (Å²) in [4.78, 5) is 2.63. The summed E-state index contributed by atoms with van der Waals surface area (Å²) in [7, 11) is 0. The van der Waals surface area contributed by atoms with Gasteiger partial charge in [0, 0.05) is 31.0 Å². The molecule has 2 heteroatoms. The van der Waals surface area contributed by atoms with Gasteiger partial charge in [-0.05, 0) is 24.0 Å². The summed E-state index contributed by atoms with van der Waals surface area (Å²) < 4.78 is 0. The molecule has 2 nitrogen and oxygen atoms in total. The second-order valence-corrected chi connectivity index (χ2v) is 7.43. The molecule has 1 N–H and O–H groups in total. The van der Waals surface area contributed by atoms with Gasteiger partial charge in [0.15, 0.2) is 0 Å². The van der Waals surface area contributed by atoms with E-state index in [9.17, 15) is 5.11 Å². The minimum absolute atomic E-state index is 0.163. The lowest BCUT2D eigenvalue weighted by Gasteiger charge is -2.29. The summed E-state index contributed by atoms with van der Waals surface area (Å²) in [6.45, 7) is 2.06. The SMILES string of the molecule is O[C@H]1CCCC[C@H]2[C@H]1[C@@H](c1ccccc1)CN2Cc1ccccc1. The number of hydrogen-bond acceptors (Lipinski definition) is 2. The van der Waals surface area contributed by atoms with Gasteiger partial charge in [0.25, 0.3) is 0 Å². The van der Waals surface area contributed by atoms with E-state index in [1.165, 1.54) is 24.0 Å². The van der Waals surface area contributed by atoms with Crippen LogP contribution in [0.25, 0.3) is 0 Å². The number of likely N-dealkylation sites (tertiary alicyclic amines) is 1. The van der Waals surface area contributed by atoms with Crippen molar-refractivity contribution in [2.45, 2.75) is 50.3 Å². The minimum Gasteiger partial charge on any atom is -0.393 e. The molecular formula is C22H27NO. The van der Waals surface area contributed by atoms with Crippen molar-refractivity contribution >= 4 is 0 Å². The highest BCUT2D eigenvalue weighted by Gasteiger charge is 2.46. The largest absolute Gasteiger partial charge is 0.393 e. The lowest BCUT2D eigenvalue weighted by atomic mass is 9.81. The maximum atomic E-state index is 10.8. The molecule has 1 saturated heterocycles. The van der Waals surface area contributed by atoms with Crippen molar-refractivity contribution in [3.63, 3.8) is 0 Å². The quantitative estimate of drug-likeness (QED) is 0.915. The molecule has 1 heterocycles. The predicted molar refractivity (Wildman–Crippen MR) is 97.8 cm³/mol. The third kappa shape index (κ3) is 3.13. The van der Waals surface area contributed by atoms with Gasteiger partial charge < -0.3 is 5.11 Å². The van der Waals surface area contributed by atoms with Crippen LogP contribution in [0.5, 0.6) is 0 Å². The van der Waals surface area contributed by atoms with Crippen LogP contribution in [0.2, 0.25) is 0 Å². The molecule has 2 fully saturated rings. The maximum absolute atomic E-state index is 10.8. The highest BCUT2D eigenvalue weighted by molar-refractivity contribution is 5.25. The highest BCUT2D eigenvalue weighted by atomic mass is 16.3. The van der Waals surface area contributed by atoms with Gasteiger partial charge in [-0.25, -0.2) is 0 Å². The summed E-state index contributed by atoms with van der Waals surface area (Å²) in [6.07, 6.45) is 4.42. The van der Waals surface area contributed by atoms with Crippen LogP contribution < -0.4 is 0 Å². The normalized spacial score (nSPS) is 30.7. The van der Waals surface area contributed by atoms with Crippen LogP contribution in [0, 0.1) is 5.92 Å². The number of nitrogens with zero attached hydrogens (tertiary/aromatic N) is 1. The molecule has 0 radical (unpaired) electrons. The fourth-order valence-electron chi connectivity index (χ4n) is 4.85. The maximum Gasteiger partial charge on any atom is 0.0589 e. The zero-order chi connectivity index (χ0) is 16.4. The van der Waals surface area contributed by atoms with E-state index < -0.39 is 0 Å². The second-order valence-electron chi connectivity index (χ2n) is 7.43. The lowest BCUT2D eigenvalue weighted by molar-refractivity contribution is 0.0754. The van der Waals surface area contributed by atoms with Crippen molar-refractivity contribution in [1.82, 2.24) is 4.90 Å². The first kappa shape index (κ1) is 15.9. The number of rotatable bonds is 3. The van der Waals surface area contributed by atoms with E-state index in [0.29, 0.717) is 17.9 Å². The van der Waals surface area contributed by atoms with Crippen molar-refractivity contribution < 1.29 is 5.11 Å². The smallest absolute Gasteiger partial charge is 0.0589 e. The van der Waals surface area contributed by atoms with E-state index in [1.54, 1.807) is 0 Å². The van der Waals surface area contributed by atoms with Gasteiger partial charge in [-0.2, -0.15) is 0 Å². The zero-order valence-electron chi connectivity index (χ0n) is 14.2. The Hall–Kier alpha value is -1.64. The average molecular weight is 321 g/mol. The fraction of sp³-hybridized carbons (Fsp3) is 0.455. The molecule has 0 unspecified atom stereocenters. The van der Waals surface area contributed by atoms with E-state index in [0.717, 1.165) is 25.9 Å². The van der Waals surface area contributed by atoms with E-state index in [2.05, 4.69) is 65.6 Å². The summed E-state index contributed by atoms with van der Waals surface area (Å²) in [5, 5.41) is 10.8. The fourth-order valence-corrected chi connectivity index (χ4v) is 4.85. The molecule has 0 bridgehead atoms. The Balaban J connectivity index is 1.63. The van der Waals surface area contributed by atoms with Crippen LogP contribution in [0.15, 0.2) is 60.7 Å². The molecule has 0 amide bonds. The molecule has 4 rings (SSSR count). The van der Waals surface area contributed by atoms with Gasteiger partial charge in [0.05, 0.1) is 6.10 Å². The van der Waals surface area contributed by atoms with Gasteiger partial charge in [-0.15, -0.1) is 0 Å². The van der Waals surface area contributed by atoms with Crippen molar-refractivity contribution in [1.29, 1.82) is 0 Å². The standard InChI is InChI=1S/C22H27NO/c24-21-14-8-7-13-20-22(21)19(18-11-5-2-6-12-18)16-23(20)15-17-9-3-1-4-10-17/h1-6,9-12,19-22,24H,7-8,13-16H2/t19-,20+,21+,22-/m1/s1. The minimum atomic E-state index is -0.163. The van der Waals surface area contributed by atoms with E-state index in [-0.39, 0.29) is 6.10 Å². The van der Waals surface area contributed by atoms with Gasteiger partial charge in [0.1, 0.15) is 0 Å². The zero-order valence-corrected chi connectivity index (χ0v) is 14.2.